The molecular formula is C10H13O. The quantitative estimate of drug-likeness (QED) is 0.435. The Hall–Kier alpha value is -0.850. The first kappa shape index (κ1) is 8.25. The predicted molar refractivity (Wildman–Crippen MR) is 46.1 cm³/mol. The lowest BCUT2D eigenvalue weighted by molar-refractivity contribution is -0.104. The number of rotatable bonds is 2. The van der Waals surface area contributed by atoms with Gasteiger partial charge in [-0.2, -0.15) is 0 Å². The molecule has 0 aliphatic heterocycles. The summed E-state index contributed by atoms with van der Waals surface area (Å²) in [6.45, 7) is 0. The molecule has 0 unspecified atom stereocenters. The summed E-state index contributed by atoms with van der Waals surface area (Å²) in [7, 11) is 0. The van der Waals surface area contributed by atoms with Crippen molar-refractivity contribution in [1.29, 1.82) is 0 Å². The predicted octanol–water partition coefficient (Wildman–Crippen LogP) is 2.45. The van der Waals surface area contributed by atoms with Crippen LogP contribution in [-0.2, 0) is 4.79 Å². The van der Waals surface area contributed by atoms with E-state index in [1.807, 2.05) is 12.2 Å². The maximum absolute atomic E-state index is 9.92. The van der Waals surface area contributed by atoms with Crippen LogP contribution in [0.15, 0.2) is 23.8 Å². The average molecular weight is 149 g/mol. The van der Waals surface area contributed by atoms with Gasteiger partial charge in [0.1, 0.15) is 6.29 Å². The van der Waals surface area contributed by atoms with E-state index in [1.54, 1.807) is 0 Å². The topological polar surface area (TPSA) is 17.1 Å². The fourth-order valence-electron chi connectivity index (χ4n) is 1.24. The third-order valence-corrected chi connectivity index (χ3v) is 1.83. The van der Waals surface area contributed by atoms with E-state index in [0.29, 0.717) is 0 Å². The van der Waals surface area contributed by atoms with Crippen LogP contribution in [0.1, 0.15) is 25.7 Å². The highest BCUT2D eigenvalue weighted by molar-refractivity contribution is 5.65. The summed E-state index contributed by atoms with van der Waals surface area (Å²) in [5.41, 5.74) is 1.37. The van der Waals surface area contributed by atoms with Gasteiger partial charge in [0, 0.05) is 0 Å². The lowest BCUT2D eigenvalue weighted by atomic mass is 9.95. The minimum absolute atomic E-state index is 0.805. The Morgan fingerprint density at radius 1 is 1.27 bits per heavy atom. The molecule has 0 saturated heterocycles. The van der Waals surface area contributed by atoms with Crippen molar-refractivity contribution < 1.29 is 4.79 Å². The molecule has 1 saturated carbocycles. The summed E-state index contributed by atoms with van der Waals surface area (Å²) >= 11 is 0. The molecule has 0 atom stereocenters. The van der Waals surface area contributed by atoms with Crippen LogP contribution >= 0.6 is 0 Å². The van der Waals surface area contributed by atoms with Crippen LogP contribution in [0.2, 0.25) is 0 Å². The number of hydrogen-bond acceptors (Lipinski definition) is 1. The SMILES string of the molecule is O=C/C=C\C=C1\[CH]CCCC1. The second kappa shape index (κ2) is 4.89. The van der Waals surface area contributed by atoms with Gasteiger partial charge in [-0.15, -0.1) is 0 Å². The number of hydrogen-bond donors (Lipinski definition) is 0. The van der Waals surface area contributed by atoms with Crippen molar-refractivity contribution in [2.45, 2.75) is 25.7 Å². The number of carbonyl (C=O) groups is 1. The smallest absolute Gasteiger partial charge is 0.142 e. The van der Waals surface area contributed by atoms with Gasteiger partial charge in [-0.1, -0.05) is 24.1 Å². The zero-order valence-corrected chi connectivity index (χ0v) is 6.62. The Kier molecular flexibility index (Phi) is 3.67. The van der Waals surface area contributed by atoms with Gasteiger partial charge in [-0.25, -0.2) is 0 Å². The van der Waals surface area contributed by atoms with Crippen LogP contribution < -0.4 is 0 Å². The van der Waals surface area contributed by atoms with Crippen molar-refractivity contribution in [1.82, 2.24) is 0 Å². The maximum atomic E-state index is 9.92. The standard InChI is InChI=1S/C10H13O/c11-9-5-4-8-10-6-2-1-3-7-10/h4-6,8-9H,1-3,7H2/b5-4-,10-8-. The zero-order valence-electron chi connectivity index (χ0n) is 6.62. The molecule has 0 amide bonds. The second-order valence-corrected chi connectivity index (χ2v) is 2.71. The molecular weight excluding hydrogens is 136 g/mol. The molecule has 1 nitrogen and oxygen atoms in total. The molecule has 11 heavy (non-hydrogen) atoms. The minimum Gasteiger partial charge on any atom is -0.299 e. The van der Waals surface area contributed by atoms with Gasteiger partial charge in [-0.3, -0.25) is 4.79 Å². The Labute approximate surface area is 67.8 Å². The van der Waals surface area contributed by atoms with Gasteiger partial charge < -0.3 is 0 Å². The zero-order chi connectivity index (χ0) is 7.94. The van der Waals surface area contributed by atoms with E-state index in [1.165, 1.54) is 37.3 Å². The fraction of sp³-hybridized carbons (Fsp3) is 0.400. The van der Waals surface area contributed by atoms with Crippen molar-refractivity contribution in [3.63, 3.8) is 0 Å². The molecule has 0 heterocycles. The van der Waals surface area contributed by atoms with Gasteiger partial charge in [0.2, 0.25) is 0 Å². The molecule has 0 aromatic heterocycles. The number of aldehydes is 1. The molecule has 1 aliphatic rings. The molecule has 0 bridgehead atoms. The molecule has 0 spiro atoms. The van der Waals surface area contributed by atoms with Crippen molar-refractivity contribution in [2.75, 3.05) is 0 Å². The number of carbonyl (C=O) groups excluding carboxylic acids is 1. The fourth-order valence-corrected chi connectivity index (χ4v) is 1.24. The van der Waals surface area contributed by atoms with Gasteiger partial charge in [0.25, 0.3) is 0 Å². The molecule has 0 aromatic carbocycles. The molecule has 1 aliphatic carbocycles. The highest BCUT2D eigenvalue weighted by Crippen LogP contribution is 2.21. The summed E-state index contributed by atoms with van der Waals surface area (Å²) in [5, 5.41) is 0. The first-order valence-corrected chi connectivity index (χ1v) is 4.07. The number of allylic oxidation sites excluding steroid dienone is 4. The van der Waals surface area contributed by atoms with E-state index in [4.69, 9.17) is 0 Å². The molecule has 0 aromatic rings. The van der Waals surface area contributed by atoms with Crippen LogP contribution in [0.5, 0.6) is 0 Å². The van der Waals surface area contributed by atoms with Gasteiger partial charge in [0.15, 0.2) is 0 Å². The highest BCUT2D eigenvalue weighted by atomic mass is 16.1. The Morgan fingerprint density at radius 3 is 2.82 bits per heavy atom. The van der Waals surface area contributed by atoms with Gasteiger partial charge >= 0.3 is 0 Å². The molecule has 0 N–H and O–H groups in total. The molecule has 1 radical (unpaired) electrons. The highest BCUT2D eigenvalue weighted by Gasteiger charge is 2.03. The summed E-state index contributed by atoms with van der Waals surface area (Å²) < 4.78 is 0. The van der Waals surface area contributed by atoms with Crippen LogP contribution in [0.25, 0.3) is 0 Å². The summed E-state index contributed by atoms with van der Waals surface area (Å²) in [6.07, 6.45) is 13.4. The van der Waals surface area contributed by atoms with E-state index < -0.39 is 0 Å². The summed E-state index contributed by atoms with van der Waals surface area (Å²) in [6, 6.07) is 0. The lowest BCUT2D eigenvalue weighted by Gasteiger charge is -2.11. The Balaban J connectivity index is 2.37. The van der Waals surface area contributed by atoms with Crippen LogP contribution in [0, 0.1) is 6.42 Å². The van der Waals surface area contributed by atoms with Crippen LogP contribution in [0.3, 0.4) is 0 Å². The first-order valence-electron chi connectivity index (χ1n) is 4.07. The summed E-state index contributed by atoms with van der Waals surface area (Å²) in [5.74, 6) is 0. The molecule has 1 rings (SSSR count). The summed E-state index contributed by atoms with van der Waals surface area (Å²) in [4.78, 5) is 9.92. The Morgan fingerprint density at radius 2 is 2.18 bits per heavy atom. The molecule has 1 fully saturated rings. The molecule has 59 valence electrons. The van der Waals surface area contributed by atoms with Crippen molar-refractivity contribution >= 4 is 6.29 Å². The van der Waals surface area contributed by atoms with Crippen molar-refractivity contribution in [3.8, 4) is 0 Å². The molecule has 1 heteroatoms. The van der Waals surface area contributed by atoms with Crippen LogP contribution in [-0.4, -0.2) is 6.29 Å². The largest absolute Gasteiger partial charge is 0.299 e. The Bertz CT molecular complexity index is 169. The monoisotopic (exact) mass is 149 g/mol. The van der Waals surface area contributed by atoms with E-state index in [-0.39, 0.29) is 0 Å². The van der Waals surface area contributed by atoms with E-state index in [9.17, 15) is 4.79 Å². The third-order valence-electron chi connectivity index (χ3n) is 1.83. The first-order chi connectivity index (χ1) is 5.43. The van der Waals surface area contributed by atoms with Crippen molar-refractivity contribution in [3.05, 3.63) is 30.2 Å². The van der Waals surface area contributed by atoms with Gasteiger partial charge in [0.05, 0.1) is 0 Å². The third kappa shape index (κ3) is 3.17. The van der Waals surface area contributed by atoms with Crippen molar-refractivity contribution in [2.24, 2.45) is 0 Å². The van der Waals surface area contributed by atoms with Gasteiger partial charge in [-0.05, 0) is 31.8 Å². The van der Waals surface area contributed by atoms with E-state index in [2.05, 4.69) is 6.42 Å². The normalized spacial score (nSPS) is 22.7. The minimum atomic E-state index is 0.805. The maximum Gasteiger partial charge on any atom is 0.142 e. The van der Waals surface area contributed by atoms with E-state index in [0.717, 1.165) is 6.29 Å². The van der Waals surface area contributed by atoms with Crippen LogP contribution in [0.4, 0.5) is 0 Å². The lowest BCUT2D eigenvalue weighted by Crippen LogP contribution is -1.93. The average Bonchev–Trinajstić information content (AvgIpc) is 2.07. The second-order valence-electron chi connectivity index (χ2n) is 2.71. The van der Waals surface area contributed by atoms with E-state index >= 15 is 0 Å².